The standard InChI is InChI=1S/C23H21NO2S/c1-25-18-11-7-16(8-12-18)21-15-23(17-9-13-19(26-2)14-10-17)27-22-6-4-3-5-20(22)24-21/h3-14,23H,15H2,1-2H3. The smallest absolute Gasteiger partial charge is 0.118 e. The summed E-state index contributed by atoms with van der Waals surface area (Å²) >= 11 is 1.87. The Balaban J connectivity index is 1.73. The predicted molar refractivity (Wildman–Crippen MR) is 112 cm³/mol. The molecule has 3 aromatic rings. The Hall–Kier alpha value is -2.72. The monoisotopic (exact) mass is 375 g/mol. The zero-order chi connectivity index (χ0) is 18.6. The lowest BCUT2D eigenvalue weighted by Crippen LogP contribution is -2.05. The molecule has 0 spiro atoms. The van der Waals surface area contributed by atoms with Crippen molar-refractivity contribution in [3.63, 3.8) is 0 Å². The number of nitrogens with zero attached hydrogens (tertiary/aromatic N) is 1. The highest BCUT2D eigenvalue weighted by molar-refractivity contribution is 7.99. The van der Waals surface area contributed by atoms with Crippen LogP contribution < -0.4 is 9.47 Å². The minimum atomic E-state index is 0.292. The number of hydrogen-bond donors (Lipinski definition) is 0. The quantitative estimate of drug-likeness (QED) is 0.555. The number of para-hydroxylation sites is 1. The third kappa shape index (κ3) is 3.86. The molecule has 0 fully saturated rings. The van der Waals surface area contributed by atoms with Gasteiger partial charge in [0, 0.05) is 22.3 Å². The van der Waals surface area contributed by atoms with Gasteiger partial charge in [-0.05, 0) is 59.7 Å². The second kappa shape index (κ2) is 7.89. The molecule has 0 radical (unpaired) electrons. The van der Waals surface area contributed by atoms with E-state index in [4.69, 9.17) is 14.5 Å². The molecule has 0 amide bonds. The third-order valence-corrected chi connectivity index (χ3v) is 6.00. The van der Waals surface area contributed by atoms with E-state index in [0.717, 1.165) is 34.9 Å². The maximum atomic E-state index is 5.31. The van der Waals surface area contributed by atoms with Crippen molar-refractivity contribution in [2.75, 3.05) is 14.2 Å². The van der Waals surface area contributed by atoms with Gasteiger partial charge in [-0.15, -0.1) is 11.8 Å². The fourth-order valence-electron chi connectivity index (χ4n) is 3.18. The molecule has 27 heavy (non-hydrogen) atoms. The van der Waals surface area contributed by atoms with E-state index in [2.05, 4.69) is 42.5 Å². The molecule has 4 heteroatoms. The molecular weight excluding hydrogens is 354 g/mol. The van der Waals surface area contributed by atoms with Gasteiger partial charge in [0.2, 0.25) is 0 Å². The minimum Gasteiger partial charge on any atom is -0.497 e. The summed E-state index contributed by atoms with van der Waals surface area (Å²) in [5.41, 5.74) is 4.53. The summed E-state index contributed by atoms with van der Waals surface area (Å²) in [6.07, 6.45) is 0.859. The van der Waals surface area contributed by atoms with Crippen LogP contribution in [0.5, 0.6) is 11.5 Å². The maximum Gasteiger partial charge on any atom is 0.118 e. The summed E-state index contributed by atoms with van der Waals surface area (Å²) in [7, 11) is 3.38. The van der Waals surface area contributed by atoms with Crippen molar-refractivity contribution >= 4 is 23.2 Å². The minimum absolute atomic E-state index is 0.292. The molecule has 1 unspecified atom stereocenters. The zero-order valence-corrected chi connectivity index (χ0v) is 16.2. The Morgan fingerprint density at radius 3 is 2.11 bits per heavy atom. The summed E-state index contributed by atoms with van der Waals surface area (Å²) in [6, 6.07) is 24.9. The summed E-state index contributed by atoms with van der Waals surface area (Å²) in [6.45, 7) is 0. The van der Waals surface area contributed by atoms with E-state index in [1.54, 1.807) is 14.2 Å². The average Bonchev–Trinajstić information content (AvgIpc) is 2.93. The van der Waals surface area contributed by atoms with Crippen molar-refractivity contribution in [2.45, 2.75) is 16.6 Å². The Labute approximate surface area is 164 Å². The van der Waals surface area contributed by atoms with E-state index >= 15 is 0 Å². The van der Waals surface area contributed by atoms with E-state index in [-0.39, 0.29) is 0 Å². The van der Waals surface area contributed by atoms with Crippen molar-refractivity contribution in [1.82, 2.24) is 0 Å². The largest absolute Gasteiger partial charge is 0.497 e. The molecule has 1 aliphatic heterocycles. The Morgan fingerprint density at radius 1 is 0.815 bits per heavy atom. The molecule has 136 valence electrons. The fraction of sp³-hybridized carbons (Fsp3) is 0.174. The molecule has 0 saturated heterocycles. The number of ether oxygens (including phenoxy) is 2. The number of benzene rings is 3. The predicted octanol–water partition coefficient (Wildman–Crippen LogP) is 6.06. The van der Waals surface area contributed by atoms with Crippen LogP contribution >= 0.6 is 11.8 Å². The van der Waals surface area contributed by atoms with Gasteiger partial charge in [-0.3, -0.25) is 4.99 Å². The fourth-order valence-corrected chi connectivity index (χ4v) is 4.41. The first-order valence-electron chi connectivity index (χ1n) is 8.88. The zero-order valence-electron chi connectivity index (χ0n) is 15.4. The first-order chi connectivity index (χ1) is 13.3. The van der Waals surface area contributed by atoms with E-state index in [9.17, 15) is 0 Å². The molecule has 1 atom stereocenters. The molecule has 4 rings (SSSR count). The van der Waals surface area contributed by atoms with Gasteiger partial charge in [0.15, 0.2) is 0 Å². The van der Waals surface area contributed by atoms with Crippen LogP contribution in [0, 0.1) is 0 Å². The summed E-state index contributed by atoms with van der Waals surface area (Å²) in [4.78, 5) is 6.21. The van der Waals surface area contributed by atoms with Crippen LogP contribution in [0.3, 0.4) is 0 Å². The third-order valence-electron chi connectivity index (χ3n) is 4.68. The SMILES string of the molecule is COc1ccc(C2=Nc3ccccc3SC(c3ccc(OC)cc3)C2)cc1. The van der Waals surface area contributed by atoms with Gasteiger partial charge >= 0.3 is 0 Å². The first-order valence-corrected chi connectivity index (χ1v) is 9.76. The highest BCUT2D eigenvalue weighted by Gasteiger charge is 2.22. The number of fused-ring (bicyclic) bond motifs is 1. The van der Waals surface area contributed by atoms with Crippen LogP contribution in [0.2, 0.25) is 0 Å². The van der Waals surface area contributed by atoms with Gasteiger partial charge in [-0.1, -0.05) is 24.3 Å². The lowest BCUT2D eigenvalue weighted by molar-refractivity contribution is 0.414. The average molecular weight is 375 g/mol. The number of aliphatic imine (C=N–C) groups is 1. The van der Waals surface area contributed by atoms with Crippen LogP contribution in [0.4, 0.5) is 5.69 Å². The molecule has 3 aromatic carbocycles. The van der Waals surface area contributed by atoms with Gasteiger partial charge in [-0.2, -0.15) is 0 Å². The molecule has 0 aliphatic carbocycles. The van der Waals surface area contributed by atoms with Gasteiger partial charge in [0.05, 0.1) is 19.9 Å². The summed E-state index contributed by atoms with van der Waals surface area (Å²) in [5, 5.41) is 0.292. The second-order valence-electron chi connectivity index (χ2n) is 6.34. The molecule has 0 bridgehead atoms. The topological polar surface area (TPSA) is 30.8 Å². The molecule has 0 saturated carbocycles. The highest BCUT2D eigenvalue weighted by Crippen LogP contribution is 2.45. The first kappa shape index (κ1) is 17.7. The normalized spacial score (nSPS) is 16.1. The van der Waals surface area contributed by atoms with Crippen LogP contribution in [0.1, 0.15) is 22.8 Å². The van der Waals surface area contributed by atoms with Gasteiger partial charge in [-0.25, -0.2) is 0 Å². The van der Waals surface area contributed by atoms with Crippen LogP contribution in [-0.2, 0) is 0 Å². The van der Waals surface area contributed by atoms with Gasteiger partial charge < -0.3 is 9.47 Å². The van der Waals surface area contributed by atoms with Crippen molar-refractivity contribution in [3.05, 3.63) is 83.9 Å². The van der Waals surface area contributed by atoms with Crippen LogP contribution in [-0.4, -0.2) is 19.9 Å². The summed E-state index contributed by atoms with van der Waals surface area (Å²) < 4.78 is 10.6. The van der Waals surface area contributed by atoms with E-state index in [1.807, 2.05) is 42.1 Å². The number of methoxy groups -OCH3 is 2. The van der Waals surface area contributed by atoms with Crippen molar-refractivity contribution in [3.8, 4) is 11.5 Å². The lowest BCUT2D eigenvalue weighted by atomic mass is 10.0. The molecule has 3 nitrogen and oxygen atoms in total. The molecule has 0 N–H and O–H groups in total. The van der Waals surface area contributed by atoms with E-state index in [1.165, 1.54) is 10.5 Å². The molecule has 1 aliphatic rings. The van der Waals surface area contributed by atoms with Gasteiger partial charge in [0.25, 0.3) is 0 Å². The highest BCUT2D eigenvalue weighted by atomic mass is 32.2. The number of thioether (sulfide) groups is 1. The Bertz CT molecular complexity index is 949. The Morgan fingerprint density at radius 2 is 1.44 bits per heavy atom. The maximum absolute atomic E-state index is 5.31. The van der Waals surface area contributed by atoms with Crippen LogP contribution in [0.25, 0.3) is 0 Å². The van der Waals surface area contributed by atoms with Crippen molar-refractivity contribution in [1.29, 1.82) is 0 Å². The molecule has 0 aromatic heterocycles. The van der Waals surface area contributed by atoms with Gasteiger partial charge in [0.1, 0.15) is 11.5 Å². The molecular formula is C23H21NO2S. The number of hydrogen-bond acceptors (Lipinski definition) is 4. The van der Waals surface area contributed by atoms with E-state index in [0.29, 0.717) is 5.25 Å². The lowest BCUT2D eigenvalue weighted by Gasteiger charge is -2.16. The number of rotatable bonds is 4. The van der Waals surface area contributed by atoms with Crippen molar-refractivity contribution in [2.24, 2.45) is 4.99 Å². The molecule has 1 heterocycles. The van der Waals surface area contributed by atoms with Crippen molar-refractivity contribution < 1.29 is 9.47 Å². The van der Waals surface area contributed by atoms with E-state index < -0.39 is 0 Å². The Kier molecular flexibility index (Phi) is 5.16. The summed E-state index contributed by atoms with van der Waals surface area (Å²) in [5.74, 6) is 1.73. The second-order valence-corrected chi connectivity index (χ2v) is 7.58. The van der Waals surface area contributed by atoms with Crippen LogP contribution in [0.15, 0.2) is 82.7 Å².